The fourth-order valence-electron chi connectivity index (χ4n) is 2.12. The molecule has 0 aliphatic heterocycles. The van der Waals surface area contributed by atoms with Crippen LogP contribution in [0, 0.1) is 12.7 Å². The third-order valence-corrected chi connectivity index (χ3v) is 3.37. The van der Waals surface area contributed by atoms with Crippen molar-refractivity contribution in [2.45, 2.75) is 6.92 Å². The van der Waals surface area contributed by atoms with Crippen molar-refractivity contribution in [2.24, 2.45) is 0 Å². The van der Waals surface area contributed by atoms with Gasteiger partial charge in [-0.3, -0.25) is 4.79 Å². The van der Waals surface area contributed by atoms with Crippen molar-refractivity contribution in [3.05, 3.63) is 78.0 Å². The van der Waals surface area contributed by atoms with E-state index >= 15 is 0 Å². The number of hydrogen-bond donors (Lipinski definition) is 2. The van der Waals surface area contributed by atoms with Crippen LogP contribution in [0.5, 0.6) is 0 Å². The Morgan fingerprint density at radius 1 is 1.04 bits per heavy atom. The first-order valence-electron chi connectivity index (χ1n) is 7.33. The lowest BCUT2D eigenvalue weighted by Gasteiger charge is -2.08. The molecule has 0 bridgehead atoms. The van der Waals surface area contributed by atoms with Crippen molar-refractivity contribution >= 4 is 23.1 Å². The van der Waals surface area contributed by atoms with E-state index in [9.17, 15) is 9.18 Å². The number of nitrogens with zero attached hydrogens (tertiary/aromatic N) is 2. The molecule has 1 amide bonds. The van der Waals surface area contributed by atoms with Gasteiger partial charge in [0.1, 0.15) is 17.3 Å². The number of benzene rings is 2. The molecule has 0 saturated carbocycles. The van der Waals surface area contributed by atoms with Gasteiger partial charge in [-0.25, -0.2) is 14.4 Å². The number of rotatable bonds is 4. The Balaban J connectivity index is 1.70. The summed E-state index contributed by atoms with van der Waals surface area (Å²) in [5.74, 6) is -0.260. The van der Waals surface area contributed by atoms with Gasteiger partial charge < -0.3 is 10.6 Å². The number of anilines is 3. The number of aromatic nitrogens is 2. The number of halogens is 1. The van der Waals surface area contributed by atoms with Gasteiger partial charge in [-0.15, -0.1) is 0 Å². The first kappa shape index (κ1) is 15.6. The number of amides is 1. The van der Waals surface area contributed by atoms with Crippen LogP contribution in [0.2, 0.25) is 0 Å². The van der Waals surface area contributed by atoms with Crippen molar-refractivity contribution in [3.8, 4) is 0 Å². The zero-order valence-electron chi connectivity index (χ0n) is 13.0. The van der Waals surface area contributed by atoms with Crippen molar-refractivity contribution in [2.75, 3.05) is 10.6 Å². The van der Waals surface area contributed by atoms with Crippen molar-refractivity contribution < 1.29 is 9.18 Å². The minimum Gasteiger partial charge on any atom is -0.339 e. The van der Waals surface area contributed by atoms with Crippen LogP contribution >= 0.6 is 0 Å². The second-order valence-corrected chi connectivity index (χ2v) is 5.19. The Bertz CT molecular complexity index is 865. The third-order valence-electron chi connectivity index (χ3n) is 3.37. The second-order valence-electron chi connectivity index (χ2n) is 5.19. The summed E-state index contributed by atoms with van der Waals surface area (Å²) in [4.78, 5) is 20.4. The number of nitrogens with one attached hydrogen (secondary N) is 2. The van der Waals surface area contributed by atoms with E-state index in [0.717, 1.165) is 11.3 Å². The van der Waals surface area contributed by atoms with Crippen LogP contribution in [-0.2, 0) is 0 Å². The van der Waals surface area contributed by atoms with Crippen molar-refractivity contribution in [1.82, 2.24) is 9.97 Å². The molecule has 0 aliphatic rings. The minimum absolute atomic E-state index is 0.197. The Kier molecular flexibility index (Phi) is 4.47. The Hall–Kier alpha value is -3.28. The monoisotopic (exact) mass is 322 g/mol. The van der Waals surface area contributed by atoms with Crippen LogP contribution in [0.4, 0.5) is 21.6 Å². The van der Waals surface area contributed by atoms with Crippen LogP contribution in [0.25, 0.3) is 0 Å². The summed E-state index contributed by atoms with van der Waals surface area (Å²) in [6.07, 6.45) is 2.80. The summed E-state index contributed by atoms with van der Waals surface area (Å²) in [6.45, 7) is 1.91. The predicted octanol–water partition coefficient (Wildman–Crippen LogP) is 3.92. The Morgan fingerprint density at radius 3 is 2.58 bits per heavy atom. The number of hydrogen-bond acceptors (Lipinski definition) is 4. The molecule has 0 spiro atoms. The molecule has 5 nitrogen and oxygen atoms in total. The number of carbonyl (C=O) groups is 1. The maximum absolute atomic E-state index is 13.2. The fraction of sp³-hybridized carbons (Fsp3) is 0.0556. The van der Waals surface area contributed by atoms with Crippen molar-refractivity contribution in [1.29, 1.82) is 0 Å². The van der Waals surface area contributed by atoms with Gasteiger partial charge >= 0.3 is 0 Å². The first-order chi connectivity index (χ1) is 11.6. The molecule has 1 heterocycles. The van der Waals surface area contributed by atoms with E-state index in [-0.39, 0.29) is 17.4 Å². The van der Waals surface area contributed by atoms with Gasteiger partial charge in [0.15, 0.2) is 0 Å². The van der Waals surface area contributed by atoms with Crippen LogP contribution in [0.1, 0.15) is 16.1 Å². The summed E-state index contributed by atoms with van der Waals surface area (Å²) in [5, 5.41) is 5.72. The van der Waals surface area contributed by atoms with Crippen LogP contribution in [-0.4, -0.2) is 15.9 Å². The summed E-state index contributed by atoms with van der Waals surface area (Å²) in [6, 6.07) is 13.5. The predicted molar refractivity (Wildman–Crippen MR) is 90.8 cm³/mol. The highest BCUT2D eigenvalue weighted by atomic mass is 19.1. The average Bonchev–Trinajstić information content (AvgIpc) is 2.57. The quantitative estimate of drug-likeness (QED) is 0.764. The number of aryl methyl sites for hydroxylation is 1. The lowest BCUT2D eigenvalue weighted by molar-refractivity contribution is 0.102. The molecule has 6 heteroatoms. The number of carbonyl (C=O) groups excluding carboxylic acids is 1. The molecule has 120 valence electrons. The molecule has 3 rings (SSSR count). The van der Waals surface area contributed by atoms with E-state index < -0.39 is 0 Å². The first-order valence-corrected chi connectivity index (χ1v) is 7.33. The molecular weight excluding hydrogens is 307 g/mol. The normalized spacial score (nSPS) is 10.2. The maximum Gasteiger partial charge on any atom is 0.275 e. The lowest BCUT2D eigenvalue weighted by Crippen LogP contribution is -2.15. The van der Waals surface area contributed by atoms with E-state index in [0.29, 0.717) is 11.5 Å². The fourth-order valence-corrected chi connectivity index (χ4v) is 2.12. The summed E-state index contributed by atoms with van der Waals surface area (Å²) in [7, 11) is 0. The van der Waals surface area contributed by atoms with Gasteiger partial charge in [-0.1, -0.05) is 24.3 Å². The summed E-state index contributed by atoms with van der Waals surface area (Å²) >= 11 is 0. The topological polar surface area (TPSA) is 66.9 Å². The molecular formula is C18H15FN4O. The summed E-state index contributed by atoms with van der Waals surface area (Å²) < 4.78 is 13.2. The van der Waals surface area contributed by atoms with Gasteiger partial charge in [0.05, 0.1) is 12.4 Å². The minimum atomic E-state index is -0.345. The van der Waals surface area contributed by atoms with Gasteiger partial charge in [0.25, 0.3) is 5.91 Å². The molecule has 2 aromatic carbocycles. The SMILES string of the molecule is Cc1ccccc1NC(=O)c1cnc(Nc2cccc(F)c2)cn1. The molecule has 0 atom stereocenters. The lowest BCUT2D eigenvalue weighted by atomic mass is 10.2. The maximum atomic E-state index is 13.2. The molecule has 0 aliphatic carbocycles. The highest BCUT2D eigenvalue weighted by molar-refractivity contribution is 6.03. The zero-order chi connectivity index (χ0) is 16.9. The molecule has 3 aromatic rings. The second kappa shape index (κ2) is 6.87. The van der Waals surface area contributed by atoms with Gasteiger partial charge in [-0.2, -0.15) is 0 Å². The molecule has 24 heavy (non-hydrogen) atoms. The highest BCUT2D eigenvalue weighted by Crippen LogP contribution is 2.16. The van der Waals surface area contributed by atoms with Crippen LogP contribution < -0.4 is 10.6 Å². The van der Waals surface area contributed by atoms with E-state index in [1.54, 1.807) is 12.1 Å². The van der Waals surface area contributed by atoms with Crippen molar-refractivity contribution in [3.63, 3.8) is 0 Å². The standard InChI is InChI=1S/C18H15FN4O/c1-12-5-2-3-8-15(12)23-18(24)16-10-21-17(11-20-16)22-14-7-4-6-13(19)9-14/h2-11H,1H3,(H,21,22)(H,23,24). The number of para-hydroxylation sites is 1. The van der Waals surface area contributed by atoms with E-state index in [2.05, 4.69) is 20.6 Å². The smallest absolute Gasteiger partial charge is 0.275 e. The zero-order valence-corrected chi connectivity index (χ0v) is 13.0. The molecule has 1 aromatic heterocycles. The Labute approximate surface area is 138 Å². The van der Waals surface area contributed by atoms with Gasteiger partial charge in [-0.05, 0) is 36.8 Å². The van der Waals surface area contributed by atoms with Crippen LogP contribution in [0.3, 0.4) is 0 Å². The largest absolute Gasteiger partial charge is 0.339 e. The Morgan fingerprint density at radius 2 is 1.88 bits per heavy atom. The highest BCUT2D eigenvalue weighted by Gasteiger charge is 2.09. The molecule has 0 fully saturated rings. The van der Waals surface area contributed by atoms with Crippen LogP contribution in [0.15, 0.2) is 60.9 Å². The van der Waals surface area contributed by atoms with E-state index in [1.165, 1.54) is 24.5 Å². The molecule has 0 radical (unpaired) electrons. The molecule has 0 unspecified atom stereocenters. The molecule has 2 N–H and O–H groups in total. The average molecular weight is 322 g/mol. The van der Waals surface area contributed by atoms with Gasteiger partial charge in [0, 0.05) is 11.4 Å². The molecule has 0 saturated heterocycles. The van der Waals surface area contributed by atoms with E-state index in [4.69, 9.17) is 0 Å². The summed E-state index contributed by atoms with van der Waals surface area (Å²) in [5.41, 5.74) is 2.44. The van der Waals surface area contributed by atoms with Gasteiger partial charge in [0.2, 0.25) is 0 Å². The third kappa shape index (κ3) is 3.73. The van der Waals surface area contributed by atoms with E-state index in [1.807, 2.05) is 31.2 Å².